The van der Waals surface area contributed by atoms with Crippen LogP contribution in [0.5, 0.6) is 5.88 Å². The number of unbranched alkanes of at least 4 members (excludes halogenated alkanes) is 1. The van der Waals surface area contributed by atoms with E-state index in [1.807, 2.05) is 36.6 Å². The molecule has 0 bridgehead atoms. The fourth-order valence-corrected chi connectivity index (χ4v) is 5.00. The molecule has 1 aliphatic rings. The second-order valence-corrected chi connectivity index (χ2v) is 10.4. The number of fused-ring (bicyclic) bond motifs is 1. The van der Waals surface area contributed by atoms with Crippen molar-refractivity contribution in [2.75, 3.05) is 25.2 Å². The van der Waals surface area contributed by atoms with E-state index in [1.165, 1.54) is 0 Å². The van der Waals surface area contributed by atoms with E-state index in [2.05, 4.69) is 46.8 Å². The molecule has 9 heteroatoms. The summed E-state index contributed by atoms with van der Waals surface area (Å²) < 4.78 is 26.4. The number of nitrogens with zero attached hydrogens (tertiary/aromatic N) is 3. The number of ether oxygens (including phenoxy) is 4. The van der Waals surface area contributed by atoms with Gasteiger partial charge in [-0.2, -0.15) is 16.7 Å². The second-order valence-electron chi connectivity index (χ2n) is 9.46. The molecule has 1 aliphatic heterocycles. The quantitative estimate of drug-likeness (QED) is 0.309. The van der Waals surface area contributed by atoms with Crippen molar-refractivity contribution < 1.29 is 18.9 Å². The monoisotopic (exact) mass is 514 g/mol. The number of benzene rings is 1. The highest BCUT2D eigenvalue weighted by atomic mass is 32.2. The molecule has 0 spiro atoms. The van der Waals surface area contributed by atoms with Crippen molar-refractivity contribution >= 4 is 22.8 Å². The maximum absolute atomic E-state index is 6.14. The standard InChI is InChI=1S/C27H38N4O4S/c1-5-6-12-33-26-25-24(29-18-30-26)21(15-31(25)19-32-16-20-10-8-7-9-11-20)13-28-14-22-23(17-36-4)35-27(2,3)34-22/h7-11,15,18,22-23,28H,5-6,12-14,16-17,19H2,1-4H3. The molecular weight excluding hydrogens is 476 g/mol. The minimum atomic E-state index is -0.559. The lowest BCUT2D eigenvalue weighted by molar-refractivity contribution is -0.144. The summed E-state index contributed by atoms with van der Waals surface area (Å²) in [7, 11) is 0. The van der Waals surface area contributed by atoms with E-state index >= 15 is 0 Å². The molecule has 4 rings (SSSR count). The maximum Gasteiger partial charge on any atom is 0.241 e. The maximum atomic E-state index is 6.14. The van der Waals surface area contributed by atoms with Gasteiger partial charge in [0, 0.05) is 30.6 Å². The highest BCUT2D eigenvalue weighted by Crippen LogP contribution is 2.30. The molecule has 1 aromatic carbocycles. The summed E-state index contributed by atoms with van der Waals surface area (Å²) in [6, 6.07) is 10.2. The van der Waals surface area contributed by atoms with Crippen molar-refractivity contribution in [3.8, 4) is 5.88 Å². The molecule has 2 unspecified atom stereocenters. The molecule has 196 valence electrons. The Morgan fingerprint density at radius 1 is 1.14 bits per heavy atom. The summed E-state index contributed by atoms with van der Waals surface area (Å²) in [5.41, 5.74) is 3.93. The number of hydrogen-bond donors (Lipinski definition) is 1. The van der Waals surface area contributed by atoms with E-state index < -0.39 is 5.79 Å². The first-order valence-corrected chi connectivity index (χ1v) is 14.0. The number of rotatable bonds is 14. The van der Waals surface area contributed by atoms with Crippen LogP contribution in [0.1, 0.15) is 44.7 Å². The zero-order chi connectivity index (χ0) is 25.4. The Labute approximate surface area is 218 Å². The summed E-state index contributed by atoms with van der Waals surface area (Å²) >= 11 is 1.77. The molecule has 8 nitrogen and oxygen atoms in total. The fraction of sp³-hybridized carbons (Fsp3) is 0.556. The molecule has 36 heavy (non-hydrogen) atoms. The predicted molar refractivity (Wildman–Crippen MR) is 143 cm³/mol. The van der Waals surface area contributed by atoms with Crippen LogP contribution in [0.15, 0.2) is 42.9 Å². The van der Waals surface area contributed by atoms with E-state index in [4.69, 9.17) is 18.9 Å². The lowest BCUT2D eigenvalue weighted by Crippen LogP contribution is -2.35. The topological polar surface area (TPSA) is 79.7 Å². The Hall–Kier alpha value is -2.17. The average molecular weight is 515 g/mol. The van der Waals surface area contributed by atoms with Gasteiger partial charge < -0.3 is 28.8 Å². The van der Waals surface area contributed by atoms with Crippen LogP contribution in [0.4, 0.5) is 0 Å². The van der Waals surface area contributed by atoms with Gasteiger partial charge in [-0.3, -0.25) is 0 Å². The van der Waals surface area contributed by atoms with Crippen molar-refractivity contribution in [1.29, 1.82) is 0 Å². The van der Waals surface area contributed by atoms with E-state index in [1.54, 1.807) is 18.1 Å². The van der Waals surface area contributed by atoms with Gasteiger partial charge in [0.1, 0.15) is 30.2 Å². The lowest BCUT2D eigenvalue weighted by Gasteiger charge is -2.17. The van der Waals surface area contributed by atoms with Crippen molar-refractivity contribution in [3.63, 3.8) is 0 Å². The molecule has 2 atom stereocenters. The summed E-state index contributed by atoms with van der Waals surface area (Å²) in [5, 5.41) is 3.56. The molecule has 0 saturated carbocycles. The second kappa shape index (κ2) is 12.9. The summed E-state index contributed by atoms with van der Waals surface area (Å²) in [4.78, 5) is 9.05. The van der Waals surface area contributed by atoms with Crippen LogP contribution in [-0.4, -0.2) is 57.7 Å². The van der Waals surface area contributed by atoms with Gasteiger partial charge in [-0.1, -0.05) is 43.7 Å². The van der Waals surface area contributed by atoms with Crippen molar-refractivity contribution in [2.24, 2.45) is 0 Å². The molecule has 1 saturated heterocycles. The van der Waals surface area contributed by atoms with Crippen LogP contribution >= 0.6 is 11.8 Å². The first-order valence-electron chi connectivity index (χ1n) is 12.6. The third kappa shape index (κ3) is 6.98. The Morgan fingerprint density at radius 3 is 2.72 bits per heavy atom. The predicted octanol–water partition coefficient (Wildman–Crippen LogP) is 4.76. The third-order valence-corrected chi connectivity index (χ3v) is 6.71. The smallest absolute Gasteiger partial charge is 0.241 e. The number of thioether (sulfide) groups is 1. The average Bonchev–Trinajstić information content (AvgIpc) is 3.36. The number of nitrogens with one attached hydrogen (secondary N) is 1. The fourth-order valence-electron chi connectivity index (χ4n) is 4.39. The van der Waals surface area contributed by atoms with Crippen molar-refractivity contribution in [2.45, 2.75) is 71.5 Å². The van der Waals surface area contributed by atoms with Crippen LogP contribution in [-0.2, 0) is 34.1 Å². The van der Waals surface area contributed by atoms with Gasteiger partial charge in [0.25, 0.3) is 0 Å². The molecular formula is C27H38N4O4S. The van der Waals surface area contributed by atoms with E-state index in [0.29, 0.717) is 38.9 Å². The number of hydrogen-bond acceptors (Lipinski definition) is 8. The molecule has 0 amide bonds. The Bertz CT molecular complexity index is 1090. The molecule has 0 aliphatic carbocycles. The zero-order valence-corrected chi connectivity index (χ0v) is 22.6. The normalized spacial score (nSPS) is 19.2. The minimum absolute atomic E-state index is 0.00225. The van der Waals surface area contributed by atoms with Crippen LogP contribution < -0.4 is 10.1 Å². The van der Waals surface area contributed by atoms with Gasteiger partial charge in [-0.05, 0) is 32.1 Å². The molecule has 0 radical (unpaired) electrons. The molecule has 1 N–H and O–H groups in total. The largest absolute Gasteiger partial charge is 0.476 e. The van der Waals surface area contributed by atoms with Crippen LogP contribution in [0, 0.1) is 0 Å². The van der Waals surface area contributed by atoms with E-state index in [9.17, 15) is 0 Å². The van der Waals surface area contributed by atoms with Crippen molar-refractivity contribution in [1.82, 2.24) is 19.9 Å². The van der Waals surface area contributed by atoms with Gasteiger partial charge in [0.2, 0.25) is 5.88 Å². The minimum Gasteiger partial charge on any atom is -0.476 e. The Morgan fingerprint density at radius 2 is 1.94 bits per heavy atom. The summed E-state index contributed by atoms with van der Waals surface area (Å²) in [6.07, 6.45) is 7.85. The van der Waals surface area contributed by atoms with Crippen molar-refractivity contribution in [3.05, 3.63) is 54.0 Å². The van der Waals surface area contributed by atoms with E-state index in [0.717, 1.165) is 40.8 Å². The van der Waals surface area contributed by atoms with Crippen LogP contribution in [0.2, 0.25) is 0 Å². The number of aromatic nitrogens is 3. The first-order chi connectivity index (χ1) is 17.5. The summed E-state index contributed by atoms with van der Waals surface area (Å²) in [5.74, 6) is 0.938. The van der Waals surface area contributed by atoms with Gasteiger partial charge in [0.05, 0.1) is 19.3 Å². The molecule has 3 heterocycles. The Kier molecular flexibility index (Phi) is 9.61. The third-order valence-electron chi connectivity index (χ3n) is 6.05. The highest BCUT2D eigenvalue weighted by Gasteiger charge is 2.40. The van der Waals surface area contributed by atoms with Crippen LogP contribution in [0.3, 0.4) is 0 Å². The highest BCUT2D eigenvalue weighted by molar-refractivity contribution is 7.98. The van der Waals surface area contributed by atoms with Gasteiger partial charge >= 0.3 is 0 Å². The van der Waals surface area contributed by atoms with Gasteiger partial charge in [0.15, 0.2) is 5.79 Å². The first kappa shape index (κ1) is 26.9. The zero-order valence-electron chi connectivity index (χ0n) is 21.7. The molecule has 2 aromatic heterocycles. The van der Waals surface area contributed by atoms with Gasteiger partial charge in [-0.15, -0.1) is 0 Å². The summed E-state index contributed by atoms with van der Waals surface area (Å²) in [6.45, 7) is 8.95. The van der Waals surface area contributed by atoms with Crippen LogP contribution in [0.25, 0.3) is 11.0 Å². The SMILES string of the molecule is CCCCOc1ncnc2c(CNCC3OC(C)(C)OC3CSC)cn(COCc3ccccc3)c12. The van der Waals surface area contributed by atoms with E-state index in [-0.39, 0.29) is 12.2 Å². The van der Waals surface area contributed by atoms with Gasteiger partial charge in [-0.25, -0.2) is 4.98 Å². The lowest BCUT2D eigenvalue weighted by atomic mass is 10.2. The Balaban J connectivity index is 1.48. The molecule has 3 aromatic rings. The molecule has 1 fully saturated rings.